The smallest absolute Gasteiger partial charge is 0.330 e. The van der Waals surface area contributed by atoms with Crippen LogP contribution in [0.3, 0.4) is 0 Å². The van der Waals surface area contributed by atoms with Crippen LogP contribution in [-0.2, 0) is 22.5 Å². The SMILES string of the molecule is CC1(O)O[PH](=O)O[PH](=O)O1.[K].[K].[K].[K]. The van der Waals surface area contributed by atoms with Gasteiger partial charge in [0.05, 0.1) is 0 Å². The molecule has 0 aromatic carbocycles. The number of rotatable bonds is 0. The van der Waals surface area contributed by atoms with Crippen molar-refractivity contribution in [2.45, 2.75) is 12.9 Å². The standard InChI is InChI=1S/C2H6O6P2.4K/c1-2(3)6-9(4)8-10(5)7-2;;;;/h3,9-10H,1H3;;;;. The van der Waals surface area contributed by atoms with Gasteiger partial charge in [0.2, 0.25) is 0 Å². The summed E-state index contributed by atoms with van der Waals surface area (Å²) in [5.41, 5.74) is 0. The fourth-order valence-corrected chi connectivity index (χ4v) is 2.10. The normalized spacial score (nSPS) is 35.0. The van der Waals surface area contributed by atoms with E-state index in [0.717, 1.165) is 6.92 Å². The molecule has 2 unspecified atom stereocenters. The first-order valence-corrected chi connectivity index (χ1v) is 4.81. The molecular weight excluding hydrogens is 338 g/mol. The summed E-state index contributed by atoms with van der Waals surface area (Å²) >= 11 is 0. The summed E-state index contributed by atoms with van der Waals surface area (Å²) in [5, 5.41) is 8.84. The summed E-state index contributed by atoms with van der Waals surface area (Å²) in [6, 6.07) is 0. The van der Waals surface area contributed by atoms with Gasteiger partial charge in [-0.1, -0.05) is 0 Å². The fraction of sp³-hybridized carbons (Fsp3) is 1.00. The third-order valence-electron chi connectivity index (χ3n) is 0.712. The van der Waals surface area contributed by atoms with Crippen LogP contribution in [0.2, 0.25) is 0 Å². The Morgan fingerprint density at radius 2 is 1.29 bits per heavy atom. The summed E-state index contributed by atoms with van der Waals surface area (Å²) in [6.45, 7) is 1.08. The van der Waals surface area contributed by atoms with Crippen LogP contribution < -0.4 is 0 Å². The van der Waals surface area contributed by atoms with Crippen LogP contribution in [0.1, 0.15) is 6.92 Å². The number of aliphatic hydroxyl groups is 1. The maximum atomic E-state index is 10.4. The molecule has 6 nitrogen and oxygen atoms in total. The molecule has 14 heavy (non-hydrogen) atoms. The topological polar surface area (TPSA) is 82.1 Å². The first-order chi connectivity index (χ1) is 4.49. The van der Waals surface area contributed by atoms with Gasteiger partial charge in [-0.25, -0.2) is 4.31 Å². The fourth-order valence-electron chi connectivity index (χ4n) is 0.440. The molecule has 2 atom stereocenters. The Hall–Kier alpha value is 6.85. The van der Waals surface area contributed by atoms with E-state index in [0.29, 0.717) is 0 Å². The molecular formula is C2H6K4O6P2. The van der Waals surface area contributed by atoms with Gasteiger partial charge in [0, 0.05) is 212 Å². The molecule has 0 saturated carbocycles. The summed E-state index contributed by atoms with van der Waals surface area (Å²) in [4.78, 5) is 0. The largest absolute Gasteiger partial charge is 0.343 e. The van der Waals surface area contributed by atoms with Crippen molar-refractivity contribution in [3.05, 3.63) is 0 Å². The van der Waals surface area contributed by atoms with E-state index in [-0.39, 0.29) is 206 Å². The Morgan fingerprint density at radius 3 is 1.50 bits per heavy atom. The molecule has 12 heteroatoms. The second-order valence-corrected chi connectivity index (χ2v) is 3.93. The maximum absolute atomic E-state index is 10.4. The monoisotopic (exact) mass is 344 g/mol. The molecule has 1 fully saturated rings. The Labute approximate surface area is 254 Å². The molecule has 0 aliphatic carbocycles. The van der Waals surface area contributed by atoms with Gasteiger partial charge in [-0.15, -0.1) is 0 Å². The van der Waals surface area contributed by atoms with Crippen molar-refractivity contribution in [2.75, 3.05) is 0 Å². The number of hydrogen-bond donors (Lipinski definition) is 1. The average Bonchev–Trinajstić information content (AvgIpc) is 1.54. The van der Waals surface area contributed by atoms with Gasteiger partial charge in [-0.05, 0) is 0 Å². The Morgan fingerprint density at radius 1 is 1.00 bits per heavy atom. The Bertz CT molecular complexity index is 180. The van der Waals surface area contributed by atoms with E-state index in [1.165, 1.54) is 0 Å². The second-order valence-electron chi connectivity index (χ2n) is 1.70. The van der Waals surface area contributed by atoms with Crippen LogP contribution in [0.15, 0.2) is 0 Å². The van der Waals surface area contributed by atoms with Crippen LogP contribution in [0, 0.1) is 0 Å². The molecule has 0 aromatic rings. The molecule has 1 heterocycles. The van der Waals surface area contributed by atoms with Gasteiger partial charge < -0.3 is 5.11 Å². The zero-order valence-corrected chi connectivity index (χ0v) is 23.5. The summed E-state index contributed by atoms with van der Waals surface area (Å²) in [5.74, 6) is -2.04. The van der Waals surface area contributed by atoms with Crippen molar-refractivity contribution in [1.29, 1.82) is 0 Å². The molecule has 1 aliphatic heterocycles. The van der Waals surface area contributed by atoms with E-state index >= 15 is 0 Å². The van der Waals surface area contributed by atoms with Gasteiger partial charge >= 0.3 is 16.5 Å². The molecule has 0 spiro atoms. The Kier molecular flexibility index (Phi) is 30.5. The first-order valence-electron chi connectivity index (χ1n) is 2.36. The van der Waals surface area contributed by atoms with Crippen molar-refractivity contribution in [3.8, 4) is 0 Å². The molecule has 0 amide bonds. The molecule has 0 aromatic heterocycles. The minimum absolute atomic E-state index is 0. The summed E-state index contributed by atoms with van der Waals surface area (Å²) < 4.78 is 33.4. The minimum Gasteiger partial charge on any atom is -0.343 e. The maximum Gasteiger partial charge on any atom is 0.330 e. The van der Waals surface area contributed by atoms with Crippen molar-refractivity contribution in [3.63, 3.8) is 0 Å². The predicted molar refractivity (Wildman–Crippen MR) is 54.9 cm³/mol. The Balaban J connectivity index is -0.000000125. The van der Waals surface area contributed by atoms with Crippen LogP contribution in [0.4, 0.5) is 0 Å². The van der Waals surface area contributed by atoms with Gasteiger partial charge in [-0.3, -0.25) is 18.2 Å². The van der Waals surface area contributed by atoms with E-state index in [1.807, 2.05) is 0 Å². The molecule has 64 valence electrons. The predicted octanol–water partition coefficient (Wildman–Crippen LogP) is -1.03. The summed E-state index contributed by atoms with van der Waals surface area (Å²) in [7, 11) is -5.68. The van der Waals surface area contributed by atoms with Crippen LogP contribution in [0.5, 0.6) is 0 Å². The van der Waals surface area contributed by atoms with Crippen molar-refractivity contribution < 1.29 is 27.6 Å². The molecule has 0 bridgehead atoms. The van der Waals surface area contributed by atoms with E-state index < -0.39 is 22.5 Å². The zero-order valence-electron chi connectivity index (χ0n) is 8.99. The van der Waals surface area contributed by atoms with Crippen molar-refractivity contribution >= 4 is 222 Å². The van der Waals surface area contributed by atoms with Crippen molar-refractivity contribution in [2.24, 2.45) is 0 Å². The average molecular weight is 344 g/mol. The van der Waals surface area contributed by atoms with Crippen molar-refractivity contribution in [1.82, 2.24) is 0 Å². The number of hydrogen-bond acceptors (Lipinski definition) is 6. The minimum atomic E-state index is -2.84. The van der Waals surface area contributed by atoms with E-state index in [9.17, 15) is 9.13 Å². The van der Waals surface area contributed by atoms with Crippen LogP contribution in [0.25, 0.3) is 0 Å². The summed E-state index contributed by atoms with van der Waals surface area (Å²) in [6.07, 6.45) is 0. The molecule has 1 rings (SSSR count). The molecule has 1 aliphatic rings. The van der Waals surface area contributed by atoms with Gasteiger partial charge in [-0.2, -0.15) is 0 Å². The van der Waals surface area contributed by atoms with Crippen LogP contribution in [-0.4, -0.2) is 217 Å². The van der Waals surface area contributed by atoms with Crippen LogP contribution >= 0.6 is 16.5 Å². The van der Waals surface area contributed by atoms with E-state index in [2.05, 4.69) is 13.4 Å². The van der Waals surface area contributed by atoms with Gasteiger partial charge in [0.1, 0.15) is 0 Å². The molecule has 1 N–H and O–H groups in total. The molecule has 4 radical (unpaired) electrons. The quantitative estimate of drug-likeness (QED) is 0.447. The second kappa shape index (κ2) is 14.8. The van der Waals surface area contributed by atoms with E-state index in [4.69, 9.17) is 5.11 Å². The third kappa shape index (κ3) is 13.8. The first kappa shape index (κ1) is 28.9. The molecule has 1 saturated heterocycles. The van der Waals surface area contributed by atoms with Gasteiger partial charge in [0.25, 0.3) is 5.97 Å². The zero-order chi connectivity index (χ0) is 7.78. The van der Waals surface area contributed by atoms with Gasteiger partial charge in [0.15, 0.2) is 0 Å². The van der Waals surface area contributed by atoms with E-state index in [1.54, 1.807) is 0 Å². The third-order valence-corrected chi connectivity index (χ3v) is 3.14.